The molecule has 0 bridgehead atoms. The van der Waals surface area contributed by atoms with E-state index in [0.29, 0.717) is 0 Å². The molecule has 1 aliphatic heterocycles. The van der Waals surface area contributed by atoms with Crippen molar-refractivity contribution in [1.29, 1.82) is 0 Å². The molecule has 0 amide bonds. The number of fused-ring (bicyclic) bond motifs is 1. The highest BCUT2D eigenvalue weighted by atomic mass is 16.5. The van der Waals surface area contributed by atoms with Crippen LogP contribution in [0, 0.1) is 11.8 Å². The molecule has 2 aliphatic rings. The maximum Gasteiger partial charge on any atom is 0.0873 e. The summed E-state index contributed by atoms with van der Waals surface area (Å²) in [4.78, 5) is 0. The maximum atomic E-state index is 6.05. The van der Waals surface area contributed by atoms with Crippen molar-refractivity contribution in [2.45, 2.75) is 45.3 Å². The Balaban J connectivity index is 2.23. The average molecular weight is 166 g/mol. The van der Waals surface area contributed by atoms with Crippen LogP contribution in [0.15, 0.2) is 12.2 Å². The van der Waals surface area contributed by atoms with Gasteiger partial charge in [0.2, 0.25) is 0 Å². The van der Waals surface area contributed by atoms with Gasteiger partial charge in [-0.1, -0.05) is 12.2 Å². The number of ether oxygens (including phenoxy) is 1. The Kier molecular flexibility index (Phi) is 1.48. The maximum absolute atomic E-state index is 6.05. The van der Waals surface area contributed by atoms with E-state index in [9.17, 15) is 0 Å². The fourth-order valence-electron chi connectivity index (χ4n) is 2.80. The Hall–Kier alpha value is -0.300. The van der Waals surface area contributed by atoms with Crippen molar-refractivity contribution >= 4 is 0 Å². The average Bonchev–Trinajstić information content (AvgIpc) is 2.58. The third kappa shape index (κ3) is 0.957. The molecule has 68 valence electrons. The van der Waals surface area contributed by atoms with Gasteiger partial charge in [-0.25, -0.2) is 0 Å². The van der Waals surface area contributed by atoms with Crippen LogP contribution in [0.2, 0.25) is 0 Å². The predicted octanol–water partition coefficient (Wildman–Crippen LogP) is 2.77. The number of hydrogen-bond acceptors (Lipinski definition) is 1. The quantitative estimate of drug-likeness (QED) is 0.544. The summed E-state index contributed by atoms with van der Waals surface area (Å²) in [5, 5.41) is 0. The van der Waals surface area contributed by atoms with Crippen LogP contribution in [-0.4, -0.2) is 11.2 Å². The van der Waals surface area contributed by atoms with Gasteiger partial charge in [-0.05, 0) is 46.0 Å². The highest BCUT2D eigenvalue weighted by molar-refractivity contribution is 5.19. The van der Waals surface area contributed by atoms with Gasteiger partial charge in [0.1, 0.15) is 0 Å². The summed E-state index contributed by atoms with van der Waals surface area (Å²) >= 11 is 0. The van der Waals surface area contributed by atoms with Crippen molar-refractivity contribution in [1.82, 2.24) is 0 Å². The second-order valence-electron chi connectivity index (χ2n) is 4.84. The number of allylic oxidation sites excluding steroid dienone is 1. The molecule has 0 aromatic rings. The van der Waals surface area contributed by atoms with Gasteiger partial charge < -0.3 is 4.74 Å². The molecule has 3 unspecified atom stereocenters. The molecule has 0 aromatic carbocycles. The van der Waals surface area contributed by atoms with Crippen molar-refractivity contribution < 1.29 is 4.74 Å². The van der Waals surface area contributed by atoms with Crippen LogP contribution in [0.25, 0.3) is 0 Å². The molecule has 1 heterocycles. The zero-order valence-electron chi connectivity index (χ0n) is 8.42. The topological polar surface area (TPSA) is 9.23 Å². The first-order valence-corrected chi connectivity index (χ1v) is 4.83. The molecule has 1 nitrogen and oxygen atoms in total. The van der Waals surface area contributed by atoms with Gasteiger partial charge in [0.25, 0.3) is 0 Å². The lowest BCUT2D eigenvalue weighted by atomic mass is 9.99. The molecule has 12 heavy (non-hydrogen) atoms. The summed E-state index contributed by atoms with van der Waals surface area (Å²) in [5.41, 5.74) is 0.141. The summed E-state index contributed by atoms with van der Waals surface area (Å²) in [7, 11) is 0. The number of rotatable bonds is 1. The molecule has 1 heteroatoms. The minimum absolute atomic E-state index is 0.0307. The van der Waals surface area contributed by atoms with Crippen LogP contribution in [-0.2, 0) is 4.74 Å². The fraction of sp³-hybridized carbons (Fsp3) is 0.818. The molecule has 1 saturated carbocycles. The number of hydrogen-bond donors (Lipinski definition) is 0. The molecule has 0 spiro atoms. The minimum Gasteiger partial charge on any atom is -0.365 e. The van der Waals surface area contributed by atoms with Crippen molar-refractivity contribution in [3.8, 4) is 0 Å². The van der Waals surface area contributed by atoms with E-state index in [-0.39, 0.29) is 11.2 Å². The highest BCUT2D eigenvalue weighted by Gasteiger charge is 2.64. The van der Waals surface area contributed by atoms with E-state index in [2.05, 4.69) is 39.8 Å². The summed E-state index contributed by atoms with van der Waals surface area (Å²) in [6, 6.07) is 0. The molecule has 2 fully saturated rings. The van der Waals surface area contributed by atoms with Gasteiger partial charge in [-0.2, -0.15) is 0 Å². The van der Waals surface area contributed by atoms with Crippen molar-refractivity contribution in [2.75, 3.05) is 0 Å². The lowest BCUT2D eigenvalue weighted by Crippen LogP contribution is -2.32. The van der Waals surface area contributed by atoms with E-state index in [1.807, 2.05) is 0 Å². The molecular weight excluding hydrogens is 148 g/mol. The molecule has 0 aromatic heterocycles. The van der Waals surface area contributed by atoms with Crippen molar-refractivity contribution in [3.05, 3.63) is 12.2 Å². The zero-order chi connectivity index (χ0) is 8.98. The minimum atomic E-state index is 0.0307. The van der Waals surface area contributed by atoms with Crippen molar-refractivity contribution in [2.24, 2.45) is 11.8 Å². The fourth-order valence-corrected chi connectivity index (χ4v) is 2.80. The zero-order valence-corrected chi connectivity index (χ0v) is 8.42. The van der Waals surface area contributed by atoms with Gasteiger partial charge in [0, 0.05) is 0 Å². The van der Waals surface area contributed by atoms with Gasteiger partial charge in [0.05, 0.1) is 11.2 Å². The van der Waals surface area contributed by atoms with Gasteiger partial charge >= 0.3 is 0 Å². The van der Waals surface area contributed by atoms with Gasteiger partial charge in [-0.15, -0.1) is 0 Å². The third-order valence-electron chi connectivity index (χ3n) is 3.40. The van der Waals surface area contributed by atoms with E-state index in [1.165, 1.54) is 6.42 Å². The highest BCUT2D eigenvalue weighted by Crippen LogP contribution is 2.62. The normalized spacial score (nSPS) is 49.7. The van der Waals surface area contributed by atoms with E-state index in [0.717, 1.165) is 11.8 Å². The van der Waals surface area contributed by atoms with Gasteiger partial charge in [0.15, 0.2) is 0 Å². The second kappa shape index (κ2) is 2.14. The van der Waals surface area contributed by atoms with Crippen LogP contribution >= 0.6 is 0 Å². The SMILES string of the molecule is C/C=C/C1(C)OC(C)(C)C2CC21. The second-order valence-corrected chi connectivity index (χ2v) is 4.84. The van der Waals surface area contributed by atoms with Crippen LogP contribution in [0.5, 0.6) is 0 Å². The Morgan fingerprint density at radius 1 is 1.25 bits per heavy atom. The first-order chi connectivity index (χ1) is 5.49. The summed E-state index contributed by atoms with van der Waals surface area (Å²) in [6.07, 6.45) is 5.68. The first kappa shape index (κ1) is 8.31. The monoisotopic (exact) mass is 166 g/mol. The molecule has 2 rings (SSSR count). The van der Waals surface area contributed by atoms with E-state index < -0.39 is 0 Å². The van der Waals surface area contributed by atoms with E-state index >= 15 is 0 Å². The summed E-state index contributed by atoms with van der Waals surface area (Å²) in [6.45, 7) is 8.71. The largest absolute Gasteiger partial charge is 0.365 e. The summed E-state index contributed by atoms with van der Waals surface area (Å²) in [5.74, 6) is 1.59. The van der Waals surface area contributed by atoms with E-state index in [4.69, 9.17) is 4.74 Å². The molecule has 3 atom stereocenters. The molecule has 0 radical (unpaired) electrons. The summed E-state index contributed by atoms with van der Waals surface area (Å²) < 4.78 is 6.05. The van der Waals surface area contributed by atoms with Crippen LogP contribution in [0.3, 0.4) is 0 Å². The Morgan fingerprint density at radius 3 is 2.25 bits per heavy atom. The Bertz CT molecular complexity index is 229. The lowest BCUT2D eigenvalue weighted by molar-refractivity contribution is -0.0782. The van der Waals surface area contributed by atoms with Crippen LogP contribution in [0.4, 0.5) is 0 Å². The first-order valence-electron chi connectivity index (χ1n) is 4.83. The molecule has 1 aliphatic carbocycles. The smallest absolute Gasteiger partial charge is 0.0873 e. The predicted molar refractivity (Wildman–Crippen MR) is 50.0 cm³/mol. The molecule has 0 N–H and O–H groups in total. The lowest BCUT2D eigenvalue weighted by Gasteiger charge is -2.29. The Labute approximate surface area is 74.8 Å². The van der Waals surface area contributed by atoms with E-state index in [1.54, 1.807) is 0 Å². The van der Waals surface area contributed by atoms with Gasteiger partial charge in [-0.3, -0.25) is 0 Å². The van der Waals surface area contributed by atoms with Crippen LogP contribution < -0.4 is 0 Å². The van der Waals surface area contributed by atoms with Crippen molar-refractivity contribution in [3.63, 3.8) is 0 Å². The third-order valence-corrected chi connectivity index (χ3v) is 3.40. The Morgan fingerprint density at radius 2 is 1.92 bits per heavy atom. The standard InChI is InChI=1S/C11H18O/c1-5-6-11(4)9-7-8(9)10(2,3)12-11/h5-6,8-9H,7H2,1-4H3/b6-5+. The van der Waals surface area contributed by atoms with Crippen LogP contribution in [0.1, 0.15) is 34.1 Å². The molecule has 1 saturated heterocycles. The molecular formula is C11H18O.